The fourth-order valence-electron chi connectivity index (χ4n) is 3.66. The summed E-state index contributed by atoms with van der Waals surface area (Å²) in [4.78, 5) is 18.3. The first kappa shape index (κ1) is 23.8. The molecule has 0 unspecified atom stereocenters. The molecule has 0 saturated carbocycles. The number of thioether (sulfide) groups is 1. The molecule has 1 N–H and O–H groups in total. The Morgan fingerprint density at radius 1 is 1.21 bits per heavy atom. The van der Waals surface area contributed by atoms with E-state index in [1.54, 1.807) is 0 Å². The molecule has 3 rings (SSSR count). The molecule has 1 fully saturated rings. The van der Waals surface area contributed by atoms with Gasteiger partial charge in [-0.1, -0.05) is 42.5 Å². The number of hydrogen-bond donors (Lipinski definition) is 1. The summed E-state index contributed by atoms with van der Waals surface area (Å²) in [5.74, 6) is 2.88. The Kier molecular flexibility index (Phi) is 10.1. The molecular formula is C22H30IN3O2S. The lowest BCUT2D eigenvalue weighted by molar-refractivity contribution is -0.146. The van der Waals surface area contributed by atoms with E-state index in [0.717, 1.165) is 49.9 Å². The van der Waals surface area contributed by atoms with Crippen molar-refractivity contribution in [2.24, 2.45) is 10.9 Å². The monoisotopic (exact) mass is 527 g/mol. The number of likely N-dealkylation sites (tertiary alicyclic amines) is 1. The highest BCUT2D eigenvalue weighted by atomic mass is 127. The molecule has 5 nitrogen and oxygen atoms in total. The molecule has 1 aliphatic heterocycles. The topological polar surface area (TPSA) is 53.9 Å². The van der Waals surface area contributed by atoms with E-state index in [0.29, 0.717) is 0 Å². The summed E-state index contributed by atoms with van der Waals surface area (Å²) in [5.41, 5.74) is 1.39. The Morgan fingerprint density at radius 2 is 1.93 bits per heavy atom. The van der Waals surface area contributed by atoms with Crippen molar-refractivity contribution in [2.45, 2.75) is 18.6 Å². The number of rotatable bonds is 6. The number of fused-ring (bicyclic) bond motifs is 1. The number of nitrogens with one attached hydrogen (secondary N) is 1. The molecule has 2 aromatic rings. The summed E-state index contributed by atoms with van der Waals surface area (Å²) in [6, 6.07) is 15.1. The van der Waals surface area contributed by atoms with Crippen LogP contribution in [0.3, 0.4) is 0 Å². The number of hydrogen-bond acceptors (Lipinski definition) is 4. The van der Waals surface area contributed by atoms with Crippen molar-refractivity contribution in [1.29, 1.82) is 0 Å². The molecular weight excluding hydrogens is 497 g/mol. The van der Waals surface area contributed by atoms with Gasteiger partial charge in [-0.3, -0.25) is 9.79 Å². The molecule has 0 aromatic heterocycles. The minimum absolute atomic E-state index is 0. The number of esters is 1. The van der Waals surface area contributed by atoms with E-state index in [4.69, 9.17) is 4.74 Å². The maximum atomic E-state index is 11.7. The largest absolute Gasteiger partial charge is 0.469 e. The van der Waals surface area contributed by atoms with Gasteiger partial charge in [-0.25, -0.2) is 0 Å². The molecule has 0 atom stereocenters. The normalized spacial score (nSPS) is 15.1. The van der Waals surface area contributed by atoms with Crippen LogP contribution in [0.15, 0.2) is 47.5 Å². The zero-order valence-electron chi connectivity index (χ0n) is 17.1. The number of halogens is 1. The third-order valence-corrected chi connectivity index (χ3v) is 6.22. The summed E-state index contributed by atoms with van der Waals surface area (Å²) in [6.45, 7) is 2.55. The average molecular weight is 527 g/mol. The van der Waals surface area contributed by atoms with Crippen molar-refractivity contribution >= 4 is 58.4 Å². The fourth-order valence-corrected chi connectivity index (χ4v) is 4.52. The van der Waals surface area contributed by atoms with Gasteiger partial charge >= 0.3 is 5.97 Å². The molecule has 2 aromatic carbocycles. The van der Waals surface area contributed by atoms with Gasteiger partial charge in [-0.2, -0.15) is 11.8 Å². The predicted octanol–water partition coefficient (Wildman–Crippen LogP) is 4.15. The van der Waals surface area contributed by atoms with Crippen molar-refractivity contribution in [3.8, 4) is 0 Å². The van der Waals surface area contributed by atoms with Crippen LogP contribution in [0.2, 0.25) is 0 Å². The van der Waals surface area contributed by atoms with Crippen LogP contribution in [0.5, 0.6) is 0 Å². The van der Waals surface area contributed by atoms with Gasteiger partial charge in [0, 0.05) is 38.2 Å². The van der Waals surface area contributed by atoms with Crippen LogP contribution < -0.4 is 5.32 Å². The number of benzene rings is 2. The molecule has 1 heterocycles. The van der Waals surface area contributed by atoms with E-state index >= 15 is 0 Å². The minimum Gasteiger partial charge on any atom is -0.469 e. The molecule has 0 spiro atoms. The van der Waals surface area contributed by atoms with Crippen molar-refractivity contribution in [2.75, 3.05) is 39.5 Å². The fraction of sp³-hybridized carbons (Fsp3) is 0.455. The zero-order valence-corrected chi connectivity index (χ0v) is 20.2. The first-order valence-corrected chi connectivity index (χ1v) is 11.0. The molecule has 0 aliphatic carbocycles. The number of methoxy groups -OCH3 is 1. The molecule has 158 valence electrons. The number of aliphatic imine (C=N–C) groups is 1. The molecule has 0 amide bonds. The van der Waals surface area contributed by atoms with Crippen molar-refractivity contribution in [3.05, 3.63) is 48.0 Å². The van der Waals surface area contributed by atoms with Gasteiger partial charge in [0.1, 0.15) is 0 Å². The average Bonchev–Trinajstić information content (AvgIpc) is 2.76. The first-order chi connectivity index (χ1) is 13.7. The molecule has 1 aliphatic rings. The number of carbonyl (C=O) groups excluding carboxylic acids is 1. The van der Waals surface area contributed by atoms with Gasteiger partial charge in [-0.05, 0) is 29.2 Å². The maximum absolute atomic E-state index is 11.7. The lowest BCUT2D eigenvalue weighted by Gasteiger charge is -2.33. The van der Waals surface area contributed by atoms with Gasteiger partial charge in [0.25, 0.3) is 0 Å². The smallest absolute Gasteiger partial charge is 0.308 e. The third-order valence-electron chi connectivity index (χ3n) is 5.21. The van der Waals surface area contributed by atoms with E-state index in [-0.39, 0.29) is 35.9 Å². The van der Waals surface area contributed by atoms with E-state index in [9.17, 15) is 4.79 Å². The van der Waals surface area contributed by atoms with Crippen LogP contribution in [-0.4, -0.2) is 56.4 Å². The van der Waals surface area contributed by atoms with Gasteiger partial charge in [0.15, 0.2) is 5.96 Å². The van der Waals surface area contributed by atoms with E-state index < -0.39 is 0 Å². The lowest BCUT2D eigenvalue weighted by Crippen LogP contribution is -2.47. The van der Waals surface area contributed by atoms with Gasteiger partial charge < -0.3 is 15.0 Å². The Morgan fingerprint density at radius 3 is 2.66 bits per heavy atom. The van der Waals surface area contributed by atoms with Gasteiger partial charge in [0.2, 0.25) is 0 Å². The Bertz CT molecular complexity index is 817. The lowest BCUT2D eigenvalue weighted by atomic mass is 9.97. The second-order valence-corrected chi connectivity index (χ2v) is 8.05. The second-order valence-electron chi connectivity index (χ2n) is 6.95. The van der Waals surface area contributed by atoms with Crippen molar-refractivity contribution in [3.63, 3.8) is 0 Å². The van der Waals surface area contributed by atoms with Crippen LogP contribution in [-0.2, 0) is 15.3 Å². The Labute approximate surface area is 194 Å². The highest BCUT2D eigenvalue weighted by Gasteiger charge is 2.26. The third kappa shape index (κ3) is 6.50. The maximum Gasteiger partial charge on any atom is 0.308 e. The van der Waals surface area contributed by atoms with Crippen LogP contribution in [0.1, 0.15) is 18.4 Å². The van der Waals surface area contributed by atoms with Crippen molar-refractivity contribution < 1.29 is 9.53 Å². The zero-order chi connectivity index (χ0) is 19.8. The molecule has 1 saturated heterocycles. The summed E-state index contributed by atoms with van der Waals surface area (Å²) >= 11 is 1.93. The minimum atomic E-state index is -0.0903. The number of nitrogens with zero attached hydrogens (tertiary/aromatic N) is 2. The molecule has 29 heavy (non-hydrogen) atoms. The van der Waals surface area contributed by atoms with Crippen LogP contribution in [0.25, 0.3) is 10.8 Å². The number of guanidine groups is 1. The Hall–Kier alpha value is -1.48. The van der Waals surface area contributed by atoms with E-state index in [1.165, 1.54) is 23.4 Å². The van der Waals surface area contributed by atoms with Crippen LogP contribution in [0.4, 0.5) is 0 Å². The van der Waals surface area contributed by atoms with Gasteiger partial charge in [-0.15, -0.1) is 24.0 Å². The Balaban J connectivity index is 0.00000300. The predicted molar refractivity (Wildman–Crippen MR) is 133 cm³/mol. The quantitative estimate of drug-likeness (QED) is 0.201. The second kappa shape index (κ2) is 12.3. The van der Waals surface area contributed by atoms with E-state index in [1.807, 2.05) is 18.8 Å². The highest BCUT2D eigenvalue weighted by Crippen LogP contribution is 2.22. The first-order valence-electron chi connectivity index (χ1n) is 9.80. The number of carbonyl (C=O) groups is 1. The highest BCUT2D eigenvalue weighted by molar-refractivity contribution is 14.0. The summed E-state index contributed by atoms with van der Waals surface area (Å²) in [6.07, 6.45) is 1.65. The standard InChI is InChI=1S/C22H29N3O2S.HI/c1-23-22(25-13-10-18(11-14-25)21(26)27-2)24-12-15-28-16-19-8-5-7-17-6-3-4-9-20(17)19;/h3-9,18H,10-16H2,1-2H3,(H,23,24);1H. The van der Waals surface area contributed by atoms with Crippen LogP contribution >= 0.6 is 35.7 Å². The SMILES string of the molecule is CN=C(NCCSCc1cccc2ccccc12)N1CCC(C(=O)OC)CC1.I. The number of piperidine rings is 1. The van der Waals surface area contributed by atoms with E-state index in [2.05, 4.69) is 57.7 Å². The molecule has 0 bridgehead atoms. The van der Waals surface area contributed by atoms with Crippen molar-refractivity contribution in [1.82, 2.24) is 10.2 Å². The summed E-state index contributed by atoms with van der Waals surface area (Å²) in [7, 11) is 3.28. The number of ether oxygens (including phenoxy) is 1. The summed E-state index contributed by atoms with van der Waals surface area (Å²) in [5, 5.41) is 6.10. The van der Waals surface area contributed by atoms with Crippen LogP contribution in [0, 0.1) is 5.92 Å². The molecule has 0 radical (unpaired) electrons. The molecule has 7 heteroatoms. The van der Waals surface area contributed by atoms with Gasteiger partial charge in [0.05, 0.1) is 13.0 Å². The summed E-state index contributed by atoms with van der Waals surface area (Å²) < 4.78 is 4.86.